The molecule has 0 saturated carbocycles. The van der Waals surface area contributed by atoms with E-state index in [4.69, 9.17) is 32.5 Å². The Morgan fingerprint density at radius 3 is 2.40 bits per heavy atom. The van der Waals surface area contributed by atoms with E-state index in [1.54, 1.807) is 24.6 Å². The summed E-state index contributed by atoms with van der Waals surface area (Å²) in [6, 6.07) is 11.3. The van der Waals surface area contributed by atoms with Gasteiger partial charge in [-0.05, 0) is 56.5 Å². The molecule has 3 aromatic rings. The fraction of sp³-hybridized carbons (Fsp3) is 0.233. The van der Waals surface area contributed by atoms with Crippen LogP contribution < -0.4 is 26.3 Å². The van der Waals surface area contributed by atoms with Crippen LogP contribution in [0, 0.1) is 12.8 Å². The second kappa shape index (κ2) is 15.0. The molecule has 1 aliphatic carbocycles. The van der Waals surface area contributed by atoms with Gasteiger partial charge in [0.25, 0.3) is 5.91 Å². The van der Waals surface area contributed by atoms with Gasteiger partial charge in [-0.2, -0.15) is 5.10 Å². The third-order valence-corrected chi connectivity index (χ3v) is 5.95. The molecule has 0 saturated heterocycles. The van der Waals surface area contributed by atoms with E-state index in [0.29, 0.717) is 35.7 Å². The first-order valence-corrected chi connectivity index (χ1v) is 12.8. The van der Waals surface area contributed by atoms with Gasteiger partial charge in [-0.25, -0.2) is 4.68 Å². The number of carbonyl (C=O) groups is 2. The third kappa shape index (κ3) is 7.46. The van der Waals surface area contributed by atoms with Crippen LogP contribution in [0.3, 0.4) is 0 Å². The molecular formula is C30H34ClN5O4. The number of benzene rings is 2. The van der Waals surface area contributed by atoms with E-state index >= 15 is 0 Å². The average Bonchev–Trinajstić information content (AvgIpc) is 3.59. The van der Waals surface area contributed by atoms with Crippen LogP contribution in [0.1, 0.15) is 48.8 Å². The highest BCUT2D eigenvalue weighted by molar-refractivity contribution is 6.25. The highest BCUT2D eigenvalue weighted by atomic mass is 35.5. The summed E-state index contributed by atoms with van der Waals surface area (Å²) in [6.07, 6.45) is 11.6. The molecule has 5 rings (SSSR count). The number of carbonyl (C=O) groups excluding carboxylic acids is 2. The highest BCUT2D eigenvalue weighted by Crippen LogP contribution is 2.40. The zero-order valence-corrected chi connectivity index (χ0v) is 23.6. The number of primary amides is 1. The number of fused-ring (bicyclic) bond motifs is 4. The van der Waals surface area contributed by atoms with Crippen molar-refractivity contribution >= 4 is 29.1 Å². The van der Waals surface area contributed by atoms with Crippen molar-refractivity contribution in [3.05, 3.63) is 77.1 Å². The molecule has 2 amide bonds. The molecule has 0 spiro atoms. The molecular weight excluding hydrogens is 530 g/mol. The van der Waals surface area contributed by atoms with Gasteiger partial charge in [-0.15, -0.1) is 19.4 Å². The number of nitrogens with two attached hydrogens (primary N) is 2. The Morgan fingerprint density at radius 2 is 1.80 bits per heavy atom. The summed E-state index contributed by atoms with van der Waals surface area (Å²) in [5.74, 6) is 0.662. The van der Waals surface area contributed by atoms with Crippen molar-refractivity contribution in [2.24, 2.45) is 11.5 Å². The van der Waals surface area contributed by atoms with Crippen LogP contribution >= 0.6 is 11.6 Å². The molecule has 0 fully saturated rings. The smallest absolute Gasteiger partial charge is 0.269 e. The molecule has 1 aliphatic heterocycles. The Bertz CT molecular complexity index is 1420. The monoisotopic (exact) mass is 563 g/mol. The van der Waals surface area contributed by atoms with Crippen LogP contribution in [-0.4, -0.2) is 28.4 Å². The van der Waals surface area contributed by atoms with Gasteiger partial charge in [0.05, 0.1) is 11.4 Å². The van der Waals surface area contributed by atoms with Crippen LogP contribution in [0.25, 0.3) is 16.9 Å². The number of aryl methyl sites for hydroxylation is 1. The number of hydrogen-bond acceptors (Lipinski definition) is 6. The number of allylic oxidation sites excluding steroid dienone is 2. The Hall–Kier alpha value is -4.68. The molecule has 0 radical (unpaired) electrons. The van der Waals surface area contributed by atoms with Crippen LogP contribution in [-0.2, 0) is 17.6 Å². The van der Waals surface area contributed by atoms with Crippen molar-refractivity contribution in [1.29, 1.82) is 0 Å². The summed E-state index contributed by atoms with van der Waals surface area (Å²) in [6.45, 7) is 8.96. The van der Waals surface area contributed by atoms with Crippen molar-refractivity contribution in [3.63, 3.8) is 0 Å². The number of ether oxygens (including phenoxy) is 2. The van der Waals surface area contributed by atoms with Gasteiger partial charge >= 0.3 is 0 Å². The molecule has 0 unspecified atom stereocenters. The van der Waals surface area contributed by atoms with Gasteiger partial charge in [-0.1, -0.05) is 30.7 Å². The topological polar surface area (TPSA) is 134 Å². The number of halogens is 1. The second-order valence-corrected chi connectivity index (χ2v) is 8.74. The second-order valence-electron chi connectivity index (χ2n) is 8.52. The summed E-state index contributed by atoms with van der Waals surface area (Å²) < 4.78 is 12.6. The minimum absolute atomic E-state index is 0.0620. The van der Waals surface area contributed by atoms with E-state index in [1.807, 2.05) is 43.3 Å². The molecule has 9 nitrogen and oxygen atoms in total. The van der Waals surface area contributed by atoms with Crippen molar-refractivity contribution in [3.8, 4) is 41.3 Å². The summed E-state index contributed by atoms with van der Waals surface area (Å²) in [5.41, 5.74) is 18.0. The Kier molecular flexibility index (Phi) is 11.9. The Labute approximate surface area is 239 Å². The van der Waals surface area contributed by atoms with E-state index < -0.39 is 5.91 Å². The number of nitrogens with zero attached hydrogens (tertiary/aromatic N) is 2. The standard InChI is InChI=1S/C22H20N4O4.C3H6ClN.C3H6.C2H2/c1-2-19(27)24-13-5-3-12-4-7-15-20(22(23)28)25-26(21(15)16(12)9-13)14-6-8-17-18(10-14)30-11-29-17;1-3(5)2-4;1-3-2;1-2/h3,5-6,8-10H,2,4,7,11H2,1H3,(H2,23,28)(H,24,27);2H,5H2,1H3;3H,1H2,2H3;1-2H/b;3-2-;;. The minimum atomic E-state index is -0.565. The molecule has 5 N–H and O–H groups in total. The van der Waals surface area contributed by atoms with Crippen molar-refractivity contribution < 1.29 is 19.1 Å². The maximum Gasteiger partial charge on any atom is 0.269 e. The van der Waals surface area contributed by atoms with Gasteiger partial charge in [-0.3, -0.25) is 9.59 Å². The van der Waals surface area contributed by atoms with Crippen LogP contribution in [0.5, 0.6) is 11.5 Å². The lowest BCUT2D eigenvalue weighted by molar-refractivity contribution is -0.115. The van der Waals surface area contributed by atoms with Gasteiger partial charge in [0.2, 0.25) is 12.7 Å². The number of rotatable bonds is 4. The SMILES string of the molecule is C#C.C/C(N)=C/Cl.C=CC.CCC(=O)Nc1ccc2c(c1)-c1c(c(C(N)=O)nn1-c1ccc3c(c1)OCO3)CC2. The first kappa shape index (κ1) is 31.5. The molecule has 2 aromatic carbocycles. The highest BCUT2D eigenvalue weighted by Gasteiger charge is 2.29. The van der Waals surface area contributed by atoms with Crippen LogP contribution in [0.4, 0.5) is 5.69 Å². The fourth-order valence-electron chi connectivity index (χ4n) is 3.97. The van der Waals surface area contributed by atoms with E-state index in [2.05, 4.69) is 29.8 Å². The summed E-state index contributed by atoms with van der Waals surface area (Å²) in [4.78, 5) is 24.0. The fourth-order valence-corrected chi connectivity index (χ4v) is 3.97. The summed E-state index contributed by atoms with van der Waals surface area (Å²) in [7, 11) is 0. The van der Waals surface area contributed by atoms with Crippen molar-refractivity contribution in [2.45, 2.75) is 40.0 Å². The predicted molar refractivity (Wildman–Crippen MR) is 160 cm³/mol. The lowest BCUT2D eigenvalue weighted by Crippen LogP contribution is -2.15. The molecule has 1 aromatic heterocycles. The number of anilines is 1. The number of amides is 2. The molecule has 0 bridgehead atoms. The minimum Gasteiger partial charge on any atom is -0.454 e. The molecule has 210 valence electrons. The first-order chi connectivity index (χ1) is 19.2. The van der Waals surface area contributed by atoms with Gasteiger partial charge in [0.15, 0.2) is 17.2 Å². The van der Waals surface area contributed by atoms with E-state index in [-0.39, 0.29) is 18.4 Å². The quantitative estimate of drug-likeness (QED) is 0.291. The maximum atomic E-state index is 12.1. The number of hydrogen-bond donors (Lipinski definition) is 3. The zero-order valence-electron chi connectivity index (χ0n) is 22.9. The zero-order chi connectivity index (χ0) is 29.8. The lowest BCUT2D eigenvalue weighted by Gasteiger charge is -2.20. The Morgan fingerprint density at radius 1 is 1.15 bits per heavy atom. The molecule has 10 heteroatoms. The molecule has 40 heavy (non-hydrogen) atoms. The maximum absolute atomic E-state index is 12.1. The number of terminal acetylenes is 1. The molecule has 0 atom stereocenters. The van der Waals surface area contributed by atoms with Gasteiger partial charge < -0.3 is 26.3 Å². The van der Waals surface area contributed by atoms with Gasteiger partial charge in [0.1, 0.15) is 0 Å². The largest absolute Gasteiger partial charge is 0.454 e. The predicted octanol–water partition coefficient (Wildman–Crippen LogP) is 5.30. The number of nitrogens with one attached hydrogen (secondary N) is 1. The van der Waals surface area contributed by atoms with Crippen LogP contribution in [0.15, 0.2) is 60.3 Å². The number of aromatic nitrogens is 2. The summed E-state index contributed by atoms with van der Waals surface area (Å²) >= 11 is 5.05. The first-order valence-electron chi connectivity index (χ1n) is 12.4. The van der Waals surface area contributed by atoms with E-state index in [9.17, 15) is 9.59 Å². The van der Waals surface area contributed by atoms with Gasteiger partial charge in [0, 0.05) is 40.5 Å². The van der Waals surface area contributed by atoms with E-state index in [0.717, 1.165) is 34.5 Å². The van der Waals surface area contributed by atoms with Crippen molar-refractivity contribution in [2.75, 3.05) is 12.1 Å². The van der Waals surface area contributed by atoms with Crippen LogP contribution in [0.2, 0.25) is 0 Å². The molecule has 2 aliphatic rings. The third-order valence-electron chi connectivity index (χ3n) is 5.60. The van der Waals surface area contributed by atoms with E-state index in [1.165, 1.54) is 5.54 Å². The normalized spacial score (nSPS) is 12.0. The summed E-state index contributed by atoms with van der Waals surface area (Å²) in [5, 5.41) is 7.45. The lowest BCUT2D eigenvalue weighted by atomic mass is 9.88. The Balaban J connectivity index is 0.000000491. The van der Waals surface area contributed by atoms with Crippen molar-refractivity contribution in [1.82, 2.24) is 9.78 Å². The molecule has 2 heterocycles. The average molecular weight is 564 g/mol.